The molecule has 2 atom stereocenters. The van der Waals surface area contributed by atoms with Gasteiger partial charge in [0.15, 0.2) is 0 Å². The second-order valence-electron chi connectivity index (χ2n) is 7.62. The predicted octanol–water partition coefficient (Wildman–Crippen LogP) is 1.99. The summed E-state index contributed by atoms with van der Waals surface area (Å²) in [5.74, 6) is 0.845. The quantitative estimate of drug-likeness (QED) is 0.829. The molecule has 0 aliphatic carbocycles. The van der Waals surface area contributed by atoms with Crippen LogP contribution in [-0.4, -0.2) is 41.7 Å². The van der Waals surface area contributed by atoms with Crippen molar-refractivity contribution in [3.8, 4) is 0 Å². The van der Waals surface area contributed by atoms with Crippen molar-refractivity contribution in [2.45, 2.75) is 26.1 Å². The van der Waals surface area contributed by atoms with Gasteiger partial charge >= 0.3 is 5.63 Å². The van der Waals surface area contributed by atoms with Crippen LogP contribution in [0, 0.1) is 0 Å². The lowest BCUT2D eigenvalue weighted by atomic mass is 10.1. The highest BCUT2D eigenvalue weighted by molar-refractivity contribution is 5.79. The maximum atomic E-state index is 12.7. The summed E-state index contributed by atoms with van der Waals surface area (Å²) in [5.41, 5.74) is 2.45. The lowest BCUT2D eigenvalue weighted by Gasteiger charge is -2.32. The number of hydrogen-bond acceptors (Lipinski definition) is 7. The molecule has 0 spiro atoms. The number of pyridine rings is 1. The first-order chi connectivity index (χ1) is 13.6. The summed E-state index contributed by atoms with van der Waals surface area (Å²) in [5, 5.41) is 7.60. The van der Waals surface area contributed by atoms with Crippen molar-refractivity contribution in [3.63, 3.8) is 0 Å². The van der Waals surface area contributed by atoms with Crippen LogP contribution in [0.3, 0.4) is 0 Å². The standard InChI is InChI=1S/C21H23N5O2/c1-13-3-5-18-23-17(12-26(18)10-13)16-9-15-4-6-19(24-20(15)28-21(16)27)25-8-7-22-14(2)11-25/h3-6,9-10,12,14,18,22-23H,7-8,11H2,1-2H3/t14-,18?/m0/s1. The van der Waals surface area contributed by atoms with E-state index < -0.39 is 0 Å². The lowest BCUT2D eigenvalue weighted by Crippen LogP contribution is -2.49. The number of nitrogens with one attached hydrogen (secondary N) is 2. The summed E-state index contributed by atoms with van der Waals surface area (Å²) in [4.78, 5) is 21.5. The molecule has 0 bridgehead atoms. The molecule has 0 radical (unpaired) electrons. The van der Waals surface area contributed by atoms with Crippen LogP contribution in [0.1, 0.15) is 19.4 Å². The molecule has 5 heterocycles. The van der Waals surface area contributed by atoms with E-state index in [1.807, 2.05) is 31.3 Å². The van der Waals surface area contributed by atoms with E-state index in [1.54, 1.807) is 0 Å². The molecule has 3 aliphatic rings. The highest BCUT2D eigenvalue weighted by Gasteiger charge is 2.25. The molecule has 5 rings (SSSR count). The molecule has 2 N–H and O–H groups in total. The molecule has 7 nitrogen and oxygen atoms in total. The number of anilines is 1. The molecule has 0 saturated carbocycles. The van der Waals surface area contributed by atoms with Crippen LogP contribution in [0.5, 0.6) is 0 Å². The van der Waals surface area contributed by atoms with Crippen molar-refractivity contribution in [2.75, 3.05) is 24.5 Å². The number of fused-ring (bicyclic) bond motifs is 2. The fourth-order valence-corrected chi connectivity index (χ4v) is 3.93. The Morgan fingerprint density at radius 1 is 1.29 bits per heavy atom. The number of allylic oxidation sites excluding steroid dienone is 2. The Morgan fingerprint density at radius 2 is 2.18 bits per heavy atom. The molecule has 28 heavy (non-hydrogen) atoms. The number of rotatable bonds is 2. The normalized spacial score (nSPS) is 24.1. The molecule has 0 aromatic carbocycles. The molecule has 1 saturated heterocycles. The SMILES string of the molecule is CC1=CN2C=C(c3cc4ccc(N5CCN[C@@H](C)C5)nc4oc3=O)NC2C=C1. The summed E-state index contributed by atoms with van der Waals surface area (Å²) >= 11 is 0. The molecule has 144 valence electrons. The zero-order chi connectivity index (χ0) is 19.3. The van der Waals surface area contributed by atoms with Crippen LogP contribution >= 0.6 is 0 Å². The summed E-state index contributed by atoms with van der Waals surface area (Å²) in [6, 6.07) is 6.24. The third kappa shape index (κ3) is 2.97. The fourth-order valence-electron chi connectivity index (χ4n) is 3.93. The Bertz CT molecular complexity index is 1080. The van der Waals surface area contributed by atoms with Crippen LogP contribution in [0.15, 0.2) is 57.5 Å². The molecule has 0 amide bonds. The van der Waals surface area contributed by atoms with Gasteiger partial charge in [-0.25, -0.2) is 4.79 Å². The topological polar surface area (TPSA) is 73.6 Å². The Kier molecular flexibility index (Phi) is 3.98. The summed E-state index contributed by atoms with van der Waals surface area (Å²) < 4.78 is 5.60. The summed E-state index contributed by atoms with van der Waals surface area (Å²) in [6.45, 7) is 6.89. The minimum Gasteiger partial charge on any atom is -0.403 e. The van der Waals surface area contributed by atoms with Crippen LogP contribution in [0.4, 0.5) is 5.82 Å². The van der Waals surface area contributed by atoms with E-state index in [-0.39, 0.29) is 11.8 Å². The Morgan fingerprint density at radius 3 is 3.04 bits per heavy atom. The van der Waals surface area contributed by atoms with Gasteiger partial charge in [0.1, 0.15) is 12.0 Å². The van der Waals surface area contributed by atoms with E-state index in [0.717, 1.165) is 36.5 Å². The number of piperazine rings is 1. The van der Waals surface area contributed by atoms with Gasteiger partial charge in [0, 0.05) is 43.5 Å². The first-order valence-electron chi connectivity index (χ1n) is 9.63. The van der Waals surface area contributed by atoms with Gasteiger partial charge in [-0.15, -0.1) is 0 Å². The molecule has 3 aliphatic heterocycles. The Hall–Kier alpha value is -3.06. The van der Waals surface area contributed by atoms with Crippen molar-refractivity contribution in [3.05, 3.63) is 64.3 Å². The first kappa shape index (κ1) is 17.1. The second kappa shape index (κ2) is 6.53. The average Bonchev–Trinajstić information content (AvgIpc) is 3.10. The Balaban J connectivity index is 1.48. The number of aromatic nitrogens is 1. The van der Waals surface area contributed by atoms with E-state index in [1.165, 1.54) is 5.57 Å². The molecular weight excluding hydrogens is 354 g/mol. The van der Waals surface area contributed by atoms with Gasteiger partial charge in [-0.2, -0.15) is 4.98 Å². The monoisotopic (exact) mass is 377 g/mol. The van der Waals surface area contributed by atoms with E-state index in [2.05, 4.69) is 50.7 Å². The van der Waals surface area contributed by atoms with E-state index in [9.17, 15) is 4.79 Å². The largest absolute Gasteiger partial charge is 0.403 e. The fraction of sp³-hybridized carbons (Fsp3) is 0.333. The average molecular weight is 377 g/mol. The van der Waals surface area contributed by atoms with Crippen molar-refractivity contribution >= 4 is 22.6 Å². The Labute approximate surface area is 163 Å². The van der Waals surface area contributed by atoms with E-state index >= 15 is 0 Å². The van der Waals surface area contributed by atoms with Gasteiger partial charge in [-0.1, -0.05) is 6.08 Å². The van der Waals surface area contributed by atoms with Crippen molar-refractivity contribution in [1.82, 2.24) is 20.5 Å². The predicted molar refractivity (Wildman–Crippen MR) is 110 cm³/mol. The second-order valence-corrected chi connectivity index (χ2v) is 7.62. The highest BCUT2D eigenvalue weighted by atomic mass is 16.4. The van der Waals surface area contributed by atoms with Crippen molar-refractivity contribution < 1.29 is 4.42 Å². The van der Waals surface area contributed by atoms with Crippen LogP contribution in [-0.2, 0) is 0 Å². The minimum atomic E-state index is -0.380. The van der Waals surface area contributed by atoms with Gasteiger partial charge < -0.3 is 24.9 Å². The maximum Gasteiger partial charge on any atom is 0.347 e. The zero-order valence-corrected chi connectivity index (χ0v) is 16.0. The molecule has 1 unspecified atom stereocenters. The first-order valence-corrected chi connectivity index (χ1v) is 9.63. The summed E-state index contributed by atoms with van der Waals surface area (Å²) in [7, 11) is 0. The number of nitrogens with zero attached hydrogens (tertiary/aromatic N) is 3. The van der Waals surface area contributed by atoms with Crippen molar-refractivity contribution in [2.24, 2.45) is 0 Å². The number of hydrogen-bond donors (Lipinski definition) is 2. The third-order valence-corrected chi connectivity index (χ3v) is 5.36. The van der Waals surface area contributed by atoms with Gasteiger partial charge in [-0.05, 0) is 43.7 Å². The summed E-state index contributed by atoms with van der Waals surface area (Å²) in [6.07, 6.45) is 8.17. The molecule has 1 fully saturated rings. The van der Waals surface area contributed by atoms with Gasteiger partial charge in [0.2, 0.25) is 5.71 Å². The third-order valence-electron chi connectivity index (χ3n) is 5.36. The molecule has 2 aromatic heterocycles. The van der Waals surface area contributed by atoms with Gasteiger partial charge in [-0.3, -0.25) is 0 Å². The van der Waals surface area contributed by atoms with E-state index in [0.29, 0.717) is 17.3 Å². The van der Waals surface area contributed by atoms with Crippen LogP contribution < -0.4 is 21.2 Å². The molecular formula is C21H23N5O2. The van der Waals surface area contributed by atoms with Crippen LogP contribution in [0.2, 0.25) is 0 Å². The van der Waals surface area contributed by atoms with Gasteiger partial charge in [0.05, 0.1) is 11.3 Å². The molecule has 7 heteroatoms. The van der Waals surface area contributed by atoms with E-state index in [4.69, 9.17) is 4.42 Å². The minimum absolute atomic E-state index is 0.0315. The lowest BCUT2D eigenvalue weighted by molar-refractivity contribution is 0.424. The zero-order valence-electron chi connectivity index (χ0n) is 16.0. The van der Waals surface area contributed by atoms with Crippen LogP contribution in [0.25, 0.3) is 16.8 Å². The highest BCUT2D eigenvalue weighted by Crippen LogP contribution is 2.26. The smallest absolute Gasteiger partial charge is 0.347 e. The molecule has 2 aromatic rings. The van der Waals surface area contributed by atoms with Gasteiger partial charge in [0.25, 0.3) is 0 Å². The maximum absolute atomic E-state index is 12.7. The van der Waals surface area contributed by atoms with Crippen molar-refractivity contribution in [1.29, 1.82) is 0 Å².